The van der Waals surface area contributed by atoms with Crippen LogP contribution in [0.5, 0.6) is 11.6 Å². The molecule has 0 amide bonds. The van der Waals surface area contributed by atoms with Crippen LogP contribution in [0.4, 0.5) is 13.2 Å². The Morgan fingerprint density at radius 1 is 1.19 bits per heavy atom. The zero-order valence-electron chi connectivity index (χ0n) is 13.7. The number of pyridine rings is 1. The second-order valence-electron chi connectivity index (χ2n) is 5.68. The number of halogens is 4. The second kappa shape index (κ2) is 7.64. The van der Waals surface area contributed by atoms with E-state index in [4.69, 9.17) is 4.74 Å². The highest BCUT2D eigenvalue weighted by Gasteiger charge is 2.38. The summed E-state index contributed by atoms with van der Waals surface area (Å²) in [5.74, 6) is -0.440. The minimum atomic E-state index is -4.99. The van der Waals surface area contributed by atoms with Crippen molar-refractivity contribution in [2.24, 2.45) is 0 Å². The molecule has 1 unspecified atom stereocenters. The summed E-state index contributed by atoms with van der Waals surface area (Å²) in [5.41, 5.74) is 0. The van der Waals surface area contributed by atoms with E-state index in [1.807, 2.05) is 0 Å². The molecule has 1 aliphatic heterocycles. The smallest absolute Gasteiger partial charge is 0.472 e. The molecule has 1 aromatic carbocycles. The number of hydrogen-bond acceptors (Lipinski definition) is 5. The molecule has 1 aromatic heterocycles. The number of aromatic nitrogens is 1. The number of nitrogens with zero attached hydrogens (tertiary/aromatic N) is 2. The first-order valence-electron chi connectivity index (χ1n) is 7.79. The van der Waals surface area contributed by atoms with Gasteiger partial charge in [0.15, 0.2) is 0 Å². The van der Waals surface area contributed by atoms with E-state index >= 15 is 0 Å². The van der Waals surface area contributed by atoms with Gasteiger partial charge in [-0.3, -0.25) is 0 Å². The SMILES string of the molecule is O=S(=O)(c1ccccc1OC(F)(F)F)N1CCC(Oc2ncccc2Br)C1. The topological polar surface area (TPSA) is 68.7 Å². The Bertz CT molecular complexity index is 924. The maximum atomic E-state index is 12.8. The van der Waals surface area contributed by atoms with Crippen molar-refractivity contribution < 1.29 is 31.1 Å². The molecule has 0 bridgehead atoms. The summed E-state index contributed by atoms with van der Waals surface area (Å²) in [6.45, 7) is 0.101. The van der Waals surface area contributed by atoms with E-state index < -0.39 is 33.1 Å². The number of rotatable bonds is 5. The number of benzene rings is 1. The van der Waals surface area contributed by atoms with E-state index in [0.29, 0.717) is 16.8 Å². The first-order valence-corrected chi connectivity index (χ1v) is 10.0. The summed E-state index contributed by atoms with van der Waals surface area (Å²) >= 11 is 3.29. The lowest BCUT2D eigenvalue weighted by Gasteiger charge is -2.19. The van der Waals surface area contributed by atoms with Crippen molar-refractivity contribution in [2.75, 3.05) is 13.1 Å². The highest BCUT2D eigenvalue weighted by molar-refractivity contribution is 9.10. The molecular formula is C16H14BrF3N2O4S. The van der Waals surface area contributed by atoms with E-state index in [9.17, 15) is 21.6 Å². The van der Waals surface area contributed by atoms with Gasteiger partial charge in [0.25, 0.3) is 0 Å². The van der Waals surface area contributed by atoms with Crippen LogP contribution in [0.1, 0.15) is 6.42 Å². The zero-order chi connectivity index (χ0) is 19.7. The standard InChI is InChI=1S/C16H14BrF3N2O4S/c17-12-4-3-8-21-15(12)25-11-7-9-22(10-11)27(23,24)14-6-2-1-5-13(14)26-16(18,19)20/h1-6,8,11H,7,9-10H2. The lowest BCUT2D eigenvalue weighted by molar-refractivity contribution is -0.275. The zero-order valence-corrected chi connectivity index (χ0v) is 16.1. The number of para-hydroxylation sites is 1. The number of ether oxygens (including phenoxy) is 2. The fraction of sp³-hybridized carbons (Fsp3) is 0.312. The van der Waals surface area contributed by atoms with Gasteiger partial charge in [-0.05, 0) is 46.6 Å². The summed E-state index contributed by atoms with van der Waals surface area (Å²) in [5, 5.41) is 0. The van der Waals surface area contributed by atoms with Crippen LogP contribution in [0, 0.1) is 0 Å². The maximum Gasteiger partial charge on any atom is 0.573 e. The van der Waals surface area contributed by atoms with Gasteiger partial charge in [-0.25, -0.2) is 13.4 Å². The third-order valence-corrected chi connectivity index (χ3v) is 6.31. The van der Waals surface area contributed by atoms with Crippen molar-refractivity contribution in [3.63, 3.8) is 0 Å². The second-order valence-corrected chi connectivity index (χ2v) is 8.44. The van der Waals surface area contributed by atoms with Crippen molar-refractivity contribution in [2.45, 2.75) is 23.8 Å². The highest BCUT2D eigenvalue weighted by atomic mass is 79.9. The molecule has 0 radical (unpaired) electrons. The van der Waals surface area contributed by atoms with Crippen LogP contribution in [-0.4, -0.2) is 43.3 Å². The van der Waals surface area contributed by atoms with Crippen molar-refractivity contribution >= 4 is 26.0 Å². The molecule has 1 saturated heterocycles. The third kappa shape index (κ3) is 4.71. The van der Waals surface area contributed by atoms with E-state index in [2.05, 4.69) is 25.7 Å². The molecule has 0 saturated carbocycles. The highest BCUT2D eigenvalue weighted by Crippen LogP contribution is 2.33. The summed E-state index contributed by atoms with van der Waals surface area (Å²) in [7, 11) is -4.18. The molecule has 0 spiro atoms. The normalized spacial score (nSPS) is 18.4. The Morgan fingerprint density at radius 3 is 2.63 bits per heavy atom. The quantitative estimate of drug-likeness (QED) is 0.673. The molecule has 1 atom stereocenters. The van der Waals surface area contributed by atoms with E-state index in [1.165, 1.54) is 18.3 Å². The first kappa shape index (κ1) is 19.9. The van der Waals surface area contributed by atoms with Gasteiger partial charge >= 0.3 is 6.36 Å². The molecule has 27 heavy (non-hydrogen) atoms. The van der Waals surface area contributed by atoms with Gasteiger partial charge in [-0.15, -0.1) is 13.2 Å². The van der Waals surface area contributed by atoms with Gasteiger partial charge in [0.2, 0.25) is 15.9 Å². The predicted octanol–water partition coefficient (Wildman–Crippen LogP) is 3.58. The molecule has 1 aliphatic rings. The number of sulfonamides is 1. The van der Waals surface area contributed by atoms with E-state index in [0.717, 1.165) is 16.4 Å². The Hall–Kier alpha value is -1.85. The lowest BCUT2D eigenvalue weighted by atomic mass is 10.3. The minimum absolute atomic E-state index is 0.00823. The predicted molar refractivity (Wildman–Crippen MR) is 92.9 cm³/mol. The van der Waals surface area contributed by atoms with Crippen LogP contribution >= 0.6 is 15.9 Å². The maximum absolute atomic E-state index is 12.8. The average Bonchev–Trinajstić information content (AvgIpc) is 3.05. The summed E-state index contributed by atoms with van der Waals surface area (Å²) < 4.78 is 74.6. The van der Waals surface area contributed by atoms with Crippen molar-refractivity contribution in [3.8, 4) is 11.6 Å². The molecule has 1 fully saturated rings. The van der Waals surface area contributed by atoms with Gasteiger partial charge < -0.3 is 9.47 Å². The first-order chi connectivity index (χ1) is 12.7. The largest absolute Gasteiger partial charge is 0.573 e. The molecule has 146 valence electrons. The van der Waals surface area contributed by atoms with Gasteiger partial charge in [0.1, 0.15) is 16.7 Å². The summed E-state index contributed by atoms with van der Waals surface area (Å²) in [6, 6.07) is 8.10. The van der Waals surface area contributed by atoms with Gasteiger partial charge in [0.05, 0.1) is 11.0 Å². The van der Waals surface area contributed by atoms with Crippen molar-refractivity contribution in [1.82, 2.24) is 9.29 Å². The van der Waals surface area contributed by atoms with E-state index in [-0.39, 0.29) is 13.1 Å². The van der Waals surface area contributed by atoms with Crippen LogP contribution in [0.3, 0.4) is 0 Å². The van der Waals surface area contributed by atoms with Crippen LogP contribution in [0.25, 0.3) is 0 Å². The Balaban J connectivity index is 1.78. The molecular weight excluding hydrogens is 453 g/mol. The molecule has 6 nitrogen and oxygen atoms in total. The lowest BCUT2D eigenvalue weighted by Crippen LogP contribution is -2.32. The molecule has 0 aliphatic carbocycles. The van der Waals surface area contributed by atoms with E-state index in [1.54, 1.807) is 12.1 Å². The number of alkyl halides is 3. The van der Waals surface area contributed by atoms with Crippen molar-refractivity contribution in [1.29, 1.82) is 0 Å². The summed E-state index contributed by atoms with van der Waals surface area (Å²) in [4.78, 5) is 3.52. The van der Waals surface area contributed by atoms with Crippen LogP contribution < -0.4 is 9.47 Å². The molecule has 2 heterocycles. The van der Waals surface area contributed by atoms with Gasteiger partial charge in [-0.2, -0.15) is 4.31 Å². The van der Waals surface area contributed by atoms with Gasteiger partial charge in [-0.1, -0.05) is 12.1 Å². The minimum Gasteiger partial charge on any atom is -0.472 e. The van der Waals surface area contributed by atoms with Crippen molar-refractivity contribution in [3.05, 3.63) is 47.1 Å². The molecule has 3 rings (SSSR count). The number of hydrogen-bond donors (Lipinski definition) is 0. The molecule has 0 N–H and O–H groups in total. The van der Waals surface area contributed by atoms with Crippen LogP contribution in [0.2, 0.25) is 0 Å². The fourth-order valence-electron chi connectivity index (χ4n) is 2.64. The molecule has 11 heteroatoms. The summed E-state index contributed by atoms with van der Waals surface area (Å²) in [6.07, 6.45) is -3.55. The fourth-order valence-corrected chi connectivity index (χ4v) is 4.59. The van der Waals surface area contributed by atoms with Crippen LogP contribution in [0.15, 0.2) is 52.0 Å². The molecule has 2 aromatic rings. The van der Waals surface area contributed by atoms with Gasteiger partial charge in [0, 0.05) is 12.7 Å². The Kier molecular flexibility index (Phi) is 5.63. The third-order valence-electron chi connectivity index (χ3n) is 3.80. The Labute approximate surface area is 162 Å². The average molecular weight is 467 g/mol. The monoisotopic (exact) mass is 466 g/mol. The van der Waals surface area contributed by atoms with Crippen LogP contribution in [-0.2, 0) is 10.0 Å². The Morgan fingerprint density at radius 2 is 1.93 bits per heavy atom.